The zero-order chi connectivity index (χ0) is 30.8. The van der Waals surface area contributed by atoms with E-state index in [4.69, 9.17) is 44.3 Å². The van der Waals surface area contributed by atoms with Crippen molar-refractivity contribution in [2.75, 3.05) is 6.61 Å². The number of benzene rings is 3. The van der Waals surface area contributed by atoms with Crippen LogP contribution in [0.3, 0.4) is 0 Å². The van der Waals surface area contributed by atoms with Gasteiger partial charge in [0.2, 0.25) is 0 Å². The summed E-state index contributed by atoms with van der Waals surface area (Å²) in [6.45, 7) is 3.59. The Morgan fingerprint density at radius 3 is 2.51 bits per heavy atom. The Morgan fingerprint density at radius 2 is 1.84 bits per heavy atom. The molecule has 0 N–H and O–H groups in total. The molecule has 0 unspecified atom stereocenters. The lowest BCUT2D eigenvalue weighted by atomic mass is 9.96. The van der Waals surface area contributed by atoms with Crippen molar-refractivity contribution in [2.45, 2.75) is 26.5 Å². The summed E-state index contributed by atoms with van der Waals surface area (Å²) in [7, 11) is 0. The fraction of sp³-hybridized carbons (Fsp3) is 0.167. The summed E-state index contributed by atoms with van der Waals surface area (Å²) in [6.07, 6.45) is 1.60. The largest absolute Gasteiger partial charge is 0.487 e. The lowest BCUT2D eigenvalue weighted by molar-refractivity contribution is -0.384. The summed E-state index contributed by atoms with van der Waals surface area (Å²) in [4.78, 5) is 42.5. The molecule has 4 aromatic rings. The van der Waals surface area contributed by atoms with Crippen LogP contribution in [0.5, 0.6) is 5.75 Å². The van der Waals surface area contributed by atoms with Crippen molar-refractivity contribution in [3.63, 3.8) is 0 Å². The fourth-order valence-corrected chi connectivity index (χ4v) is 6.47. The molecule has 13 heteroatoms. The van der Waals surface area contributed by atoms with Gasteiger partial charge in [0.05, 0.1) is 32.4 Å². The lowest BCUT2D eigenvalue weighted by Gasteiger charge is -2.25. The van der Waals surface area contributed by atoms with Crippen LogP contribution in [-0.2, 0) is 16.1 Å². The third-order valence-corrected chi connectivity index (χ3v) is 8.40. The van der Waals surface area contributed by atoms with Gasteiger partial charge in [-0.2, -0.15) is 0 Å². The summed E-state index contributed by atoms with van der Waals surface area (Å²) in [5.74, 6) is -0.326. The highest BCUT2D eigenvalue weighted by Gasteiger charge is 2.34. The van der Waals surface area contributed by atoms with E-state index in [1.807, 2.05) is 0 Å². The second kappa shape index (κ2) is 12.7. The van der Waals surface area contributed by atoms with E-state index in [0.29, 0.717) is 37.2 Å². The van der Waals surface area contributed by atoms with E-state index >= 15 is 0 Å². The van der Waals surface area contributed by atoms with Crippen molar-refractivity contribution in [3.8, 4) is 5.75 Å². The number of fused-ring (bicyclic) bond motifs is 1. The number of hydrogen-bond acceptors (Lipinski definition) is 8. The SMILES string of the molecule is CCOC(=O)C1=C(C)N=c2s/c(=C\c3cc(Cl)cc(Cl)c3OCc3ccc([N+](=O)[O-])cc3)c(=O)n2[C@H]1c1ccccc1Cl. The summed E-state index contributed by atoms with van der Waals surface area (Å²) < 4.78 is 13.1. The number of thiazole rings is 1. The zero-order valence-corrected chi connectivity index (χ0v) is 25.8. The summed E-state index contributed by atoms with van der Waals surface area (Å²) in [5.41, 5.74) is 1.82. The molecule has 1 aliphatic rings. The molecule has 0 saturated carbocycles. The highest BCUT2D eigenvalue weighted by atomic mass is 35.5. The number of carbonyl (C=O) groups excluding carboxylic acids is 1. The highest BCUT2D eigenvalue weighted by molar-refractivity contribution is 7.07. The van der Waals surface area contributed by atoms with E-state index in [1.54, 1.807) is 62.4 Å². The second-order valence-electron chi connectivity index (χ2n) is 9.34. The molecule has 0 fully saturated rings. The standard InChI is InChI=1S/C30H22Cl3N3O6S/c1-3-41-29(38)25-16(2)34-30-35(26(25)21-6-4-5-7-22(21)32)28(37)24(43-30)13-18-12-19(31)14-23(33)27(18)42-15-17-8-10-20(11-9-17)36(39)40/h4-14,26H,3,15H2,1-2H3/b24-13-/t26-/m0/s1. The van der Waals surface area contributed by atoms with E-state index in [2.05, 4.69) is 4.99 Å². The van der Waals surface area contributed by atoms with Gasteiger partial charge in [0.25, 0.3) is 11.2 Å². The molecule has 2 heterocycles. The number of aromatic nitrogens is 1. The zero-order valence-electron chi connectivity index (χ0n) is 22.7. The van der Waals surface area contributed by atoms with Crippen molar-refractivity contribution >= 4 is 63.9 Å². The van der Waals surface area contributed by atoms with Crippen LogP contribution in [0.25, 0.3) is 6.08 Å². The maximum absolute atomic E-state index is 14.0. The van der Waals surface area contributed by atoms with Gasteiger partial charge in [-0.1, -0.05) is 64.3 Å². The van der Waals surface area contributed by atoms with Gasteiger partial charge in [0.1, 0.15) is 18.4 Å². The van der Waals surface area contributed by atoms with E-state index in [9.17, 15) is 19.7 Å². The van der Waals surface area contributed by atoms with Crippen LogP contribution in [0.15, 0.2) is 81.7 Å². The molecule has 9 nitrogen and oxygen atoms in total. The lowest BCUT2D eigenvalue weighted by Crippen LogP contribution is -2.40. The average molecular weight is 659 g/mol. The summed E-state index contributed by atoms with van der Waals surface area (Å²) >= 11 is 20.5. The Morgan fingerprint density at radius 1 is 1.12 bits per heavy atom. The van der Waals surface area contributed by atoms with Gasteiger partial charge in [-0.15, -0.1) is 0 Å². The van der Waals surface area contributed by atoms with Crippen LogP contribution >= 0.6 is 46.1 Å². The first kappa shape index (κ1) is 30.5. The summed E-state index contributed by atoms with van der Waals surface area (Å²) in [5, 5.41) is 11.9. The van der Waals surface area contributed by atoms with Crippen LogP contribution < -0.4 is 19.6 Å². The van der Waals surface area contributed by atoms with Gasteiger partial charge >= 0.3 is 5.97 Å². The predicted octanol–water partition coefficient (Wildman–Crippen LogP) is 6.25. The van der Waals surface area contributed by atoms with Gasteiger partial charge in [-0.25, -0.2) is 9.79 Å². The predicted molar refractivity (Wildman–Crippen MR) is 166 cm³/mol. The first-order chi connectivity index (χ1) is 20.6. The number of hydrogen-bond donors (Lipinski definition) is 0. The first-order valence-electron chi connectivity index (χ1n) is 12.9. The van der Waals surface area contributed by atoms with Gasteiger partial charge in [0, 0.05) is 27.7 Å². The molecule has 1 aromatic heterocycles. The van der Waals surface area contributed by atoms with E-state index < -0.39 is 22.5 Å². The molecular formula is C30H22Cl3N3O6S. The molecule has 0 bridgehead atoms. The topological polar surface area (TPSA) is 113 Å². The van der Waals surface area contributed by atoms with Gasteiger partial charge < -0.3 is 9.47 Å². The molecule has 3 aromatic carbocycles. The van der Waals surface area contributed by atoms with Gasteiger partial charge in [-0.05, 0) is 61.4 Å². The Balaban J connectivity index is 1.62. The highest BCUT2D eigenvalue weighted by Crippen LogP contribution is 2.35. The Hall–Kier alpha value is -3.96. The Bertz CT molecular complexity index is 1970. The molecule has 220 valence electrons. The van der Waals surface area contributed by atoms with Crippen molar-refractivity contribution in [3.05, 3.63) is 133 Å². The maximum atomic E-state index is 14.0. The number of nitrogens with zero attached hydrogens (tertiary/aromatic N) is 3. The molecule has 43 heavy (non-hydrogen) atoms. The minimum Gasteiger partial charge on any atom is -0.487 e. The molecule has 0 aliphatic carbocycles. The smallest absolute Gasteiger partial charge is 0.338 e. The third kappa shape index (κ3) is 6.23. The minimum atomic E-state index is -0.869. The van der Waals surface area contributed by atoms with Crippen molar-refractivity contribution in [2.24, 2.45) is 4.99 Å². The van der Waals surface area contributed by atoms with Gasteiger partial charge in [-0.3, -0.25) is 19.5 Å². The number of esters is 1. The second-order valence-corrected chi connectivity index (χ2v) is 11.6. The van der Waals surface area contributed by atoms with E-state index in [1.165, 1.54) is 22.8 Å². The monoisotopic (exact) mass is 657 g/mol. The number of rotatable bonds is 8. The van der Waals surface area contributed by atoms with Crippen LogP contribution in [0.2, 0.25) is 15.1 Å². The quantitative estimate of drug-likeness (QED) is 0.126. The molecule has 0 amide bonds. The molecule has 1 aliphatic heterocycles. The molecule has 5 rings (SSSR count). The number of nitro benzene ring substituents is 1. The molecule has 0 saturated heterocycles. The number of carbonyl (C=O) groups is 1. The number of ether oxygens (including phenoxy) is 2. The summed E-state index contributed by atoms with van der Waals surface area (Å²) in [6, 6.07) is 15.2. The van der Waals surface area contributed by atoms with Crippen molar-refractivity contribution in [1.82, 2.24) is 4.57 Å². The molecular weight excluding hydrogens is 637 g/mol. The van der Waals surface area contributed by atoms with Crippen molar-refractivity contribution < 1.29 is 19.2 Å². The van der Waals surface area contributed by atoms with Crippen LogP contribution in [0.4, 0.5) is 5.69 Å². The third-order valence-electron chi connectivity index (χ3n) is 6.57. The molecule has 0 radical (unpaired) electrons. The minimum absolute atomic E-state index is 0.0409. The first-order valence-corrected chi connectivity index (χ1v) is 14.8. The van der Waals surface area contributed by atoms with E-state index in [-0.39, 0.29) is 39.8 Å². The van der Waals surface area contributed by atoms with Crippen LogP contribution in [0.1, 0.15) is 36.6 Å². The van der Waals surface area contributed by atoms with Crippen molar-refractivity contribution in [1.29, 1.82) is 0 Å². The number of allylic oxidation sites excluding steroid dienone is 1. The van der Waals surface area contributed by atoms with E-state index in [0.717, 1.165) is 11.3 Å². The average Bonchev–Trinajstić information content (AvgIpc) is 3.26. The fourth-order valence-electron chi connectivity index (χ4n) is 4.63. The number of non-ortho nitro benzene ring substituents is 1. The van der Waals surface area contributed by atoms with Crippen LogP contribution in [0, 0.1) is 10.1 Å². The van der Waals surface area contributed by atoms with Gasteiger partial charge in [0.15, 0.2) is 4.80 Å². The van der Waals surface area contributed by atoms with Crippen LogP contribution in [-0.4, -0.2) is 22.1 Å². The molecule has 1 atom stereocenters. The molecule has 0 spiro atoms. The maximum Gasteiger partial charge on any atom is 0.338 e. The number of nitro groups is 1. The Kier molecular flexibility index (Phi) is 9.03. The normalized spacial score (nSPS) is 14.7. The Labute approximate surface area is 264 Å². The number of halogens is 3.